The first-order valence-corrected chi connectivity index (χ1v) is 7.86. The highest BCUT2D eigenvalue weighted by Crippen LogP contribution is 2.26. The molecular weight excluding hydrogens is 318 g/mol. The van der Waals surface area contributed by atoms with Crippen LogP contribution in [0.2, 0.25) is 0 Å². The second-order valence-electron chi connectivity index (χ2n) is 5.29. The zero-order valence-electron chi connectivity index (χ0n) is 13.5. The lowest BCUT2D eigenvalue weighted by Gasteiger charge is -2.02. The van der Waals surface area contributed by atoms with Crippen LogP contribution in [0.15, 0.2) is 59.4 Å². The van der Waals surface area contributed by atoms with Crippen molar-refractivity contribution >= 4 is 0 Å². The fourth-order valence-electron chi connectivity index (χ4n) is 2.41. The van der Waals surface area contributed by atoms with Crippen molar-refractivity contribution in [3.05, 3.63) is 54.9 Å². The lowest BCUT2D eigenvalue weighted by Crippen LogP contribution is -1.90. The van der Waals surface area contributed by atoms with Gasteiger partial charge in [-0.05, 0) is 49.4 Å². The standard InChI is InChI=1S/C18H15N5O2/c1-2-24-14-7-5-12(6-8-14)15-10-16(22-21-15)18-20-17(23-25-18)13-4-3-9-19-11-13/h3-11H,2H2,1H3,(H,21,22). The molecule has 25 heavy (non-hydrogen) atoms. The lowest BCUT2D eigenvalue weighted by atomic mass is 10.1. The smallest absolute Gasteiger partial charge is 0.276 e. The molecule has 124 valence electrons. The summed E-state index contributed by atoms with van der Waals surface area (Å²) in [6.07, 6.45) is 3.38. The number of aromatic amines is 1. The molecule has 0 bridgehead atoms. The molecule has 7 nitrogen and oxygen atoms in total. The first-order chi connectivity index (χ1) is 12.3. The molecule has 0 saturated heterocycles. The third-order valence-corrected chi connectivity index (χ3v) is 3.62. The normalized spacial score (nSPS) is 10.8. The molecule has 4 aromatic rings. The number of nitrogens with one attached hydrogen (secondary N) is 1. The maximum Gasteiger partial charge on any atom is 0.276 e. The van der Waals surface area contributed by atoms with Gasteiger partial charge in [0.2, 0.25) is 5.82 Å². The average Bonchev–Trinajstić information content (AvgIpc) is 3.33. The highest BCUT2D eigenvalue weighted by Gasteiger charge is 2.14. The van der Waals surface area contributed by atoms with E-state index in [0.717, 1.165) is 22.6 Å². The van der Waals surface area contributed by atoms with Crippen LogP contribution in [0.25, 0.3) is 34.2 Å². The quantitative estimate of drug-likeness (QED) is 0.600. The van der Waals surface area contributed by atoms with E-state index in [-0.39, 0.29) is 0 Å². The van der Waals surface area contributed by atoms with Crippen LogP contribution in [-0.2, 0) is 0 Å². The summed E-state index contributed by atoms with van der Waals surface area (Å²) < 4.78 is 10.8. The Labute approximate surface area is 143 Å². The molecular formula is C18H15N5O2. The number of benzene rings is 1. The largest absolute Gasteiger partial charge is 0.494 e. The van der Waals surface area contributed by atoms with Crippen LogP contribution in [0.4, 0.5) is 0 Å². The van der Waals surface area contributed by atoms with E-state index >= 15 is 0 Å². The number of hydrogen-bond donors (Lipinski definition) is 1. The summed E-state index contributed by atoms with van der Waals surface area (Å²) in [7, 11) is 0. The molecule has 1 N–H and O–H groups in total. The summed E-state index contributed by atoms with van der Waals surface area (Å²) in [4.78, 5) is 8.44. The minimum Gasteiger partial charge on any atom is -0.494 e. The Balaban J connectivity index is 1.58. The zero-order chi connectivity index (χ0) is 17.1. The number of rotatable bonds is 5. The van der Waals surface area contributed by atoms with Crippen LogP contribution in [0.1, 0.15) is 6.92 Å². The maximum atomic E-state index is 5.45. The van der Waals surface area contributed by atoms with Crippen molar-refractivity contribution in [2.24, 2.45) is 0 Å². The number of hydrogen-bond acceptors (Lipinski definition) is 6. The van der Waals surface area contributed by atoms with Crippen LogP contribution < -0.4 is 4.74 Å². The van der Waals surface area contributed by atoms with Gasteiger partial charge in [-0.25, -0.2) is 0 Å². The fraction of sp³-hybridized carbons (Fsp3) is 0.111. The van der Waals surface area contributed by atoms with Crippen molar-refractivity contribution < 1.29 is 9.26 Å². The SMILES string of the molecule is CCOc1ccc(-c2cc(-c3nc(-c4cccnc4)no3)[nH]n2)cc1. The third kappa shape index (κ3) is 3.12. The first kappa shape index (κ1) is 15.1. The van der Waals surface area contributed by atoms with Gasteiger partial charge in [0.15, 0.2) is 0 Å². The van der Waals surface area contributed by atoms with Gasteiger partial charge in [-0.3, -0.25) is 10.1 Å². The zero-order valence-corrected chi connectivity index (χ0v) is 13.5. The molecule has 0 atom stereocenters. The van der Waals surface area contributed by atoms with Crippen molar-refractivity contribution in [1.29, 1.82) is 0 Å². The van der Waals surface area contributed by atoms with Crippen LogP contribution >= 0.6 is 0 Å². The maximum absolute atomic E-state index is 5.45. The molecule has 3 aromatic heterocycles. The summed E-state index contributed by atoms with van der Waals surface area (Å²) in [6, 6.07) is 13.3. The molecule has 0 unspecified atom stereocenters. The van der Waals surface area contributed by atoms with Gasteiger partial charge in [-0.15, -0.1) is 0 Å². The van der Waals surface area contributed by atoms with Gasteiger partial charge in [0.25, 0.3) is 5.89 Å². The fourth-order valence-corrected chi connectivity index (χ4v) is 2.41. The average molecular weight is 333 g/mol. The Bertz CT molecular complexity index is 961. The molecule has 0 aliphatic rings. The van der Waals surface area contributed by atoms with E-state index in [9.17, 15) is 0 Å². The topological polar surface area (TPSA) is 89.7 Å². The minimum atomic E-state index is 0.378. The van der Waals surface area contributed by atoms with E-state index < -0.39 is 0 Å². The van der Waals surface area contributed by atoms with E-state index in [2.05, 4.69) is 25.3 Å². The summed E-state index contributed by atoms with van der Waals surface area (Å²) in [6.45, 7) is 2.60. The van der Waals surface area contributed by atoms with Crippen molar-refractivity contribution in [2.75, 3.05) is 6.61 Å². The first-order valence-electron chi connectivity index (χ1n) is 7.86. The van der Waals surface area contributed by atoms with Crippen molar-refractivity contribution in [2.45, 2.75) is 6.92 Å². The lowest BCUT2D eigenvalue weighted by molar-refractivity contribution is 0.340. The molecule has 0 aliphatic heterocycles. The van der Waals surface area contributed by atoms with Crippen LogP contribution in [0.5, 0.6) is 5.75 Å². The van der Waals surface area contributed by atoms with Crippen molar-refractivity contribution in [1.82, 2.24) is 25.3 Å². The predicted molar refractivity (Wildman–Crippen MR) is 91.7 cm³/mol. The van der Waals surface area contributed by atoms with Crippen LogP contribution in [0, 0.1) is 0 Å². The molecule has 0 aliphatic carbocycles. The number of pyridine rings is 1. The van der Waals surface area contributed by atoms with Crippen molar-refractivity contribution in [3.63, 3.8) is 0 Å². The predicted octanol–water partition coefficient (Wildman–Crippen LogP) is 3.59. The highest BCUT2D eigenvalue weighted by molar-refractivity contribution is 5.65. The highest BCUT2D eigenvalue weighted by atomic mass is 16.5. The van der Waals surface area contributed by atoms with E-state index in [1.165, 1.54) is 0 Å². The molecule has 0 spiro atoms. The van der Waals surface area contributed by atoms with E-state index in [0.29, 0.717) is 24.0 Å². The van der Waals surface area contributed by atoms with Gasteiger partial charge in [0.05, 0.1) is 12.3 Å². The number of ether oxygens (including phenoxy) is 1. The van der Waals surface area contributed by atoms with Gasteiger partial charge in [-0.1, -0.05) is 5.16 Å². The van der Waals surface area contributed by atoms with Crippen LogP contribution in [0.3, 0.4) is 0 Å². The summed E-state index contributed by atoms with van der Waals surface area (Å²) >= 11 is 0. The molecule has 1 aromatic carbocycles. The number of aromatic nitrogens is 5. The summed E-state index contributed by atoms with van der Waals surface area (Å²) in [5.41, 5.74) is 3.22. The second-order valence-corrected chi connectivity index (χ2v) is 5.29. The minimum absolute atomic E-state index is 0.378. The Morgan fingerprint density at radius 2 is 2.00 bits per heavy atom. The monoisotopic (exact) mass is 333 g/mol. The Hall–Kier alpha value is -3.48. The van der Waals surface area contributed by atoms with Crippen molar-refractivity contribution in [3.8, 4) is 40.0 Å². The van der Waals surface area contributed by atoms with Gasteiger partial charge < -0.3 is 9.26 Å². The van der Waals surface area contributed by atoms with E-state index in [1.807, 2.05) is 49.4 Å². The molecule has 0 radical (unpaired) electrons. The Morgan fingerprint density at radius 3 is 2.76 bits per heavy atom. The van der Waals surface area contributed by atoms with Gasteiger partial charge in [0.1, 0.15) is 11.4 Å². The molecule has 4 rings (SSSR count). The number of nitrogens with zero attached hydrogens (tertiary/aromatic N) is 4. The van der Waals surface area contributed by atoms with Gasteiger partial charge in [0, 0.05) is 23.5 Å². The van der Waals surface area contributed by atoms with Gasteiger partial charge >= 0.3 is 0 Å². The Kier molecular flexibility index (Phi) is 3.96. The molecule has 0 amide bonds. The third-order valence-electron chi connectivity index (χ3n) is 3.62. The second kappa shape index (κ2) is 6.56. The molecule has 0 fully saturated rings. The van der Waals surface area contributed by atoms with Crippen LogP contribution in [-0.4, -0.2) is 31.9 Å². The molecule has 7 heteroatoms. The van der Waals surface area contributed by atoms with E-state index in [1.54, 1.807) is 12.4 Å². The summed E-state index contributed by atoms with van der Waals surface area (Å²) in [5.74, 6) is 1.70. The Morgan fingerprint density at radius 1 is 1.12 bits per heavy atom. The molecule has 3 heterocycles. The van der Waals surface area contributed by atoms with Gasteiger partial charge in [-0.2, -0.15) is 10.1 Å². The number of H-pyrrole nitrogens is 1. The molecule has 0 saturated carbocycles. The summed E-state index contributed by atoms with van der Waals surface area (Å²) in [5, 5.41) is 11.2. The van der Waals surface area contributed by atoms with E-state index in [4.69, 9.17) is 9.26 Å².